The number of rotatable bonds is 8. The van der Waals surface area contributed by atoms with Gasteiger partial charge >= 0.3 is 0 Å². The van der Waals surface area contributed by atoms with E-state index < -0.39 is 0 Å². The Hall–Kier alpha value is -0.830. The van der Waals surface area contributed by atoms with Gasteiger partial charge in [-0.2, -0.15) is 0 Å². The SMILES string of the molecule is CCC(C)(C)c1cnc(CCCNCC(C)C)o1. The van der Waals surface area contributed by atoms with E-state index in [1.54, 1.807) is 0 Å². The molecule has 3 nitrogen and oxygen atoms in total. The summed E-state index contributed by atoms with van der Waals surface area (Å²) in [5.41, 5.74) is 0.0984. The maximum absolute atomic E-state index is 5.83. The smallest absolute Gasteiger partial charge is 0.194 e. The second-order valence-electron chi connectivity index (χ2n) is 6.06. The Kier molecular flexibility index (Phi) is 5.86. The van der Waals surface area contributed by atoms with Gasteiger partial charge in [-0.25, -0.2) is 4.98 Å². The predicted octanol–water partition coefficient (Wildman–Crippen LogP) is 3.54. The molecule has 18 heavy (non-hydrogen) atoms. The van der Waals surface area contributed by atoms with Crippen LogP contribution in [0.4, 0.5) is 0 Å². The number of nitrogens with zero attached hydrogens (tertiary/aromatic N) is 1. The van der Waals surface area contributed by atoms with E-state index in [0.717, 1.165) is 44.0 Å². The van der Waals surface area contributed by atoms with Gasteiger partial charge in [-0.3, -0.25) is 0 Å². The Morgan fingerprint density at radius 1 is 1.39 bits per heavy atom. The molecule has 1 aromatic rings. The van der Waals surface area contributed by atoms with Crippen molar-refractivity contribution in [3.63, 3.8) is 0 Å². The molecule has 0 aromatic carbocycles. The maximum Gasteiger partial charge on any atom is 0.194 e. The standard InChI is InChI=1S/C15H28N2O/c1-6-15(4,5)13-11-17-14(18-13)8-7-9-16-10-12(2)3/h11-12,16H,6-10H2,1-5H3. The molecule has 0 saturated carbocycles. The Balaban J connectivity index is 2.32. The van der Waals surface area contributed by atoms with E-state index in [1.165, 1.54) is 0 Å². The van der Waals surface area contributed by atoms with Crippen molar-refractivity contribution in [1.29, 1.82) is 0 Å². The average Bonchev–Trinajstić information content (AvgIpc) is 2.77. The number of aryl methyl sites for hydroxylation is 1. The van der Waals surface area contributed by atoms with Crippen LogP contribution in [0.15, 0.2) is 10.6 Å². The van der Waals surface area contributed by atoms with E-state index in [9.17, 15) is 0 Å². The summed E-state index contributed by atoms with van der Waals surface area (Å²) in [5, 5.41) is 3.43. The molecule has 1 N–H and O–H groups in total. The summed E-state index contributed by atoms with van der Waals surface area (Å²) in [4.78, 5) is 4.37. The third-order valence-electron chi connectivity index (χ3n) is 3.40. The number of oxazole rings is 1. The number of nitrogens with one attached hydrogen (secondary N) is 1. The predicted molar refractivity (Wildman–Crippen MR) is 75.8 cm³/mol. The number of aromatic nitrogens is 1. The summed E-state index contributed by atoms with van der Waals surface area (Å²) in [7, 11) is 0. The van der Waals surface area contributed by atoms with E-state index in [2.05, 4.69) is 44.9 Å². The lowest BCUT2D eigenvalue weighted by Gasteiger charge is -2.18. The molecule has 0 saturated heterocycles. The van der Waals surface area contributed by atoms with E-state index in [4.69, 9.17) is 4.42 Å². The first kappa shape index (κ1) is 15.2. The number of hydrogen-bond acceptors (Lipinski definition) is 3. The van der Waals surface area contributed by atoms with E-state index in [1.807, 2.05) is 6.20 Å². The molecular weight excluding hydrogens is 224 g/mol. The van der Waals surface area contributed by atoms with Gasteiger partial charge in [0, 0.05) is 11.8 Å². The molecule has 0 radical (unpaired) electrons. The van der Waals surface area contributed by atoms with Crippen LogP contribution >= 0.6 is 0 Å². The van der Waals surface area contributed by atoms with Crippen molar-refractivity contribution in [2.45, 2.75) is 59.3 Å². The molecule has 1 aromatic heterocycles. The van der Waals surface area contributed by atoms with Crippen molar-refractivity contribution < 1.29 is 4.42 Å². The normalized spacial score (nSPS) is 12.3. The van der Waals surface area contributed by atoms with Crippen LogP contribution in [-0.2, 0) is 11.8 Å². The summed E-state index contributed by atoms with van der Waals surface area (Å²) in [6.45, 7) is 13.1. The highest BCUT2D eigenvalue weighted by Crippen LogP contribution is 2.27. The van der Waals surface area contributed by atoms with Gasteiger partial charge in [0.15, 0.2) is 5.89 Å². The molecule has 0 aliphatic heterocycles. The first-order valence-corrected chi connectivity index (χ1v) is 7.11. The third kappa shape index (κ3) is 4.81. The Morgan fingerprint density at radius 2 is 2.11 bits per heavy atom. The minimum atomic E-state index is 0.0984. The van der Waals surface area contributed by atoms with Crippen LogP contribution in [0.1, 0.15) is 59.1 Å². The van der Waals surface area contributed by atoms with Crippen LogP contribution in [0.25, 0.3) is 0 Å². The molecule has 1 rings (SSSR count). The zero-order valence-electron chi connectivity index (χ0n) is 12.5. The van der Waals surface area contributed by atoms with Crippen LogP contribution < -0.4 is 5.32 Å². The fourth-order valence-electron chi connectivity index (χ4n) is 1.67. The Morgan fingerprint density at radius 3 is 2.72 bits per heavy atom. The minimum Gasteiger partial charge on any atom is -0.445 e. The van der Waals surface area contributed by atoms with Gasteiger partial charge in [-0.1, -0.05) is 34.6 Å². The molecule has 0 aliphatic rings. The molecule has 104 valence electrons. The van der Waals surface area contributed by atoms with Crippen LogP contribution in [0, 0.1) is 5.92 Å². The minimum absolute atomic E-state index is 0.0984. The molecule has 0 unspecified atom stereocenters. The van der Waals surface area contributed by atoms with Gasteiger partial charge in [0.1, 0.15) is 5.76 Å². The first-order chi connectivity index (χ1) is 8.45. The zero-order chi connectivity index (χ0) is 13.6. The topological polar surface area (TPSA) is 38.1 Å². The van der Waals surface area contributed by atoms with Crippen molar-refractivity contribution in [1.82, 2.24) is 10.3 Å². The number of hydrogen-bond donors (Lipinski definition) is 1. The fourth-order valence-corrected chi connectivity index (χ4v) is 1.67. The van der Waals surface area contributed by atoms with Crippen LogP contribution in [0.5, 0.6) is 0 Å². The molecule has 0 bridgehead atoms. The monoisotopic (exact) mass is 252 g/mol. The Bertz CT molecular complexity index is 342. The molecule has 0 fully saturated rings. The van der Waals surface area contributed by atoms with Crippen molar-refractivity contribution in [3.05, 3.63) is 17.8 Å². The molecular formula is C15H28N2O. The van der Waals surface area contributed by atoms with E-state index in [0.29, 0.717) is 5.92 Å². The first-order valence-electron chi connectivity index (χ1n) is 7.11. The lowest BCUT2D eigenvalue weighted by atomic mass is 9.88. The second-order valence-corrected chi connectivity index (χ2v) is 6.06. The third-order valence-corrected chi connectivity index (χ3v) is 3.40. The highest BCUT2D eigenvalue weighted by atomic mass is 16.4. The van der Waals surface area contributed by atoms with Gasteiger partial charge in [0.25, 0.3) is 0 Å². The maximum atomic E-state index is 5.83. The summed E-state index contributed by atoms with van der Waals surface area (Å²) in [5.74, 6) is 2.59. The van der Waals surface area contributed by atoms with Gasteiger partial charge in [-0.15, -0.1) is 0 Å². The highest BCUT2D eigenvalue weighted by molar-refractivity contribution is 5.07. The van der Waals surface area contributed by atoms with Crippen LogP contribution in [0.2, 0.25) is 0 Å². The summed E-state index contributed by atoms with van der Waals surface area (Å²) < 4.78 is 5.83. The fraction of sp³-hybridized carbons (Fsp3) is 0.800. The van der Waals surface area contributed by atoms with Crippen molar-refractivity contribution >= 4 is 0 Å². The summed E-state index contributed by atoms with van der Waals surface area (Å²) in [6.07, 6.45) is 4.96. The largest absolute Gasteiger partial charge is 0.445 e. The van der Waals surface area contributed by atoms with Crippen molar-refractivity contribution in [2.75, 3.05) is 13.1 Å². The molecule has 1 heterocycles. The van der Waals surface area contributed by atoms with E-state index in [-0.39, 0.29) is 5.41 Å². The van der Waals surface area contributed by atoms with E-state index >= 15 is 0 Å². The van der Waals surface area contributed by atoms with Crippen molar-refractivity contribution in [3.8, 4) is 0 Å². The van der Waals surface area contributed by atoms with Crippen LogP contribution in [0.3, 0.4) is 0 Å². The summed E-state index contributed by atoms with van der Waals surface area (Å²) in [6, 6.07) is 0. The van der Waals surface area contributed by atoms with Crippen molar-refractivity contribution in [2.24, 2.45) is 5.92 Å². The zero-order valence-corrected chi connectivity index (χ0v) is 12.5. The quantitative estimate of drug-likeness (QED) is 0.719. The van der Waals surface area contributed by atoms with Gasteiger partial charge < -0.3 is 9.73 Å². The van der Waals surface area contributed by atoms with Gasteiger partial charge in [-0.05, 0) is 31.8 Å². The lowest BCUT2D eigenvalue weighted by molar-refractivity contribution is 0.353. The summed E-state index contributed by atoms with van der Waals surface area (Å²) >= 11 is 0. The van der Waals surface area contributed by atoms with Gasteiger partial charge in [0.05, 0.1) is 6.20 Å². The second kappa shape index (κ2) is 6.93. The van der Waals surface area contributed by atoms with Gasteiger partial charge in [0.2, 0.25) is 0 Å². The molecule has 0 aliphatic carbocycles. The average molecular weight is 252 g/mol. The molecule has 3 heteroatoms. The Labute approximate surface area is 111 Å². The molecule has 0 amide bonds. The molecule has 0 atom stereocenters. The lowest BCUT2D eigenvalue weighted by Crippen LogP contribution is -2.21. The van der Waals surface area contributed by atoms with Crippen LogP contribution in [-0.4, -0.2) is 18.1 Å². The highest BCUT2D eigenvalue weighted by Gasteiger charge is 2.22. The molecule has 0 spiro atoms.